The first kappa shape index (κ1) is 31.2. The number of hydrogen-bond acceptors (Lipinski definition) is 2. The molecule has 3 heteroatoms. The van der Waals surface area contributed by atoms with Crippen molar-refractivity contribution in [1.29, 1.82) is 0 Å². The summed E-state index contributed by atoms with van der Waals surface area (Å²) in [4.78, 5) is 2.37. The van der Waals surface area contributed by atoms with Gasteiger partial charge >= 0.3 is 0 Å². The molecule has 9 aromatic carbocycles. The highest BCUT2D eigenvalue weighted by Crippen LogP contribution is 2.42. The van der Waals surface area contributed by atoms with Gasteiger partial charge in [-0.05, 0) is 106 Å². The van der Waals surface area contributed by atoms with Gasteiger partial charge in [0.1, 0.15) is 11.2 Å². The number of para-hydroxylation sites is 2. The van der Waals surface area contributed by atoms with E-state index >= 15 is 0 Å². The van der Waals surface area contributed by atoms with Crippen LogP contribution in [0.25, 0.3) is 82.5 Å². The Labute approximate surface area is 318 Å². The third-order valence-corrected chi connectivity index (χ3v) is 10.9. The summed E-state index contributed by atoms with van der Waals surface area (Å²) >= 11 is 0. The van der Waals surface area contributed by atoms with Crippen LogP contribution >= 0.6 is 0 Å². The Balaban J connectivity index is 1.11. The highest BCUT2D eigenvalue weighted by molar-refractivity contribution is 6.12. The molecular weight excluding hydrogens is 669 g/mol. The van der Waals surface area contributed by atoms with Crippen LogP contribution in [0.5, 0.6) is 0 Å². The maximum atomic E-state index is 6.34. The summed E-state index contributed by atoms with van der Waals surface area (Å²) in [5.41, 5.74) is 13.3. The van der Waals surface area contributed by atoms with Crippen LogP contribution in [0.1, 0.15) is 0 Å². The molecule has 0 aliphatic carbocycles. The molecule has 0 aliphatic heterocycles. The lowest BCUT2D eigenvalue weighted by molar-refractivity contribution is 0.669. The lowest BCUT2D eigenvalue weighted by Gasteiger charge is -2.26. The summed E-state index contributed by atoms with van der Waals surface area (Å²) in [6, 6.07) is 74.1. The van der Waals surface area contributed by atoms with Gasteiger partial charge < -0.3 is 13.9 Å². The summed E-state index contributed by atoms with van der Waals surface area (Å²) in [6.07, 6.45) is 0. The predicted molar refractivity (Wildman–Crippen MR) is 231 cm³/mol. The Hall–Kier alpha value is -7.36. The van der Waals surface area contributed by atoms with Crippen molar-refractivity contribution in [2.24, 2.45) is 0 Å². The zero-order valence-corrected chi connectivity index (χ0v) is 29.9. The lowest BCUT2D eigenvalue weighted by atomic mass is 10.0. The molecule has 0 spiro atoms. The molecule has 0 atom stereocenters. The first-order chi connectivity index (χ1) is 27.2. The maximum Gasteiger partial charge on any atom is 0.136 e. The van der Waals surface area contributed by atoms with E-state index in [2.05, 4.69) is 204 Å². The average Bonchev–Trinajstić information content (AvgIpc) is 3.78. The molecule has 11 rings (SSSR count). The van der Waals surface area contributed by atoms with E-state index in [1.54, 1.807) is 0 Å². The van der Waals surface area contributed by atoms with Crippen LogP contribution in [-0.4, -0.2) is 4.57 Å². The Kier molecular flexibility index (Phi) is 7.17. The average molecular weight is 703 g/mol. The molecule has 11 aromatic rings. The number of rotatable bonds is 6. The molecule has 0 saturated heterocycles. The van der Waals surface area contributed by atoms with E-state index in [4.69, 9.17) is 4.42 Å². The van der Waals surface area contributed by atoms with Crippen molar-refractivity contribution in [2.45, 2.75) is 0 Å². The quantitative estimate of drug-likeness (QED) is 0.172. The van der Waals surface area contributed by atoms with Crippen molar-refractivity contribution in [3.8, 4) is 27.9 Å². The predicted octanol–water partition coefficient (Wildman–Crippen LogP) is 14.6. The molecule has 0 fully saturated rings. The Bertz CT molecular complexity index is 3190. The molecule has 0 N–H and O–H groups in total. The van der Waals surface area contributed by atoms with Gasteiger partial charge in [0.05, 0.1) is 11.0 Å². The van der Waals surface area contributed by atoms with Crippen molar-refractivity contribution < 1.29 is 4.42 Å². The molecule has 2 aromatic heterocycles. The minimum absolute atomic E-state index is 0.897. The fraction of sp³-hybridized carbons (Fsp3) is 0. The zero-order chi connectivity index (χ0) is 36.3. The van der Waals surface area contributed by atoms with Crippen LogP contribution in [0, 0.1) is 0 Å². The van der Waals surface area contributed by atoms with Gasteiger partial charge in [0, 0.05) is 44.3 Å². The molecule has 0 amide bonds. The monoisotopic (exact) mass is 702 g/mol. The molecule has 55 heavy (non-hydrogen) atoms. The first-order valence-corrected chi connectivity index (χ1v) is 18.7. The van der Waals surface area contributed by atoms with Crippen molar-refractivity contribution >= 4 is 71.6 Å². The SMILES string of the molecule is c1ccc(-c2ccc(N(c3ccc4cc5c(cc4c3)oc3ccccc35)c3ccc4c5ccccc5n(-c5cccc(-c6ccccc6)c5)c4c3)cc2)cc1. The van der Waals surface area contributed by atoms with Gasteiger partial charge in [0.25, 0.3) is 0 Å². The van der Waals surface area contributed by atoms with Crippen molar-refractivity contribution in [1.82, 2.24) is 4.57 Å². The van der Waals surface area contributed by atoms with Gasteiger partial charge in [-0.15, -0.1) is 0 Å². The van der Waals surface area contributed by atoms with Crippen molar-refractivity contribution in [2.75, 3.05) is 4.90 Å². The summed E-state index contributed by atoms with van der Waals surface area (Å²) < 4.78 is 8.75. The number of anilines is 3. The molecule has 2 heterocycles. The van der Waals surface area contributed by atoms with E-state index in [9.17, 15) is 0 Å². The Morgan fingerprint density at radius 1 is 0.327 bits per heavy atom. The normalized spacial score (nSPS) is 11.6. The molecular formula is C52H34N2O. The van der Waals surface area contributed by atoms with Crippen LogP contribution in [-0.2, 0) is 0 Å². The molecule has 0 saturated carbocycles. The number of fused-ring (bicyclic) bond motifs is 7. The molecule has 0 radical (unpaired) electrons. The van der Waals surface area contributed by atoms with Gasteiger partial charge in [-0.3, -0.25) is 0 Å². The summed E-state index contributed by atoms with van der Waals surface area (Å²) in [7, 11) is 0. The molecule has 0 aliphatic rings. The maximum absolute atomic E-state index is 6.34. The van der Waals surface area contributed by atoms with Gasteiger partial charge in [-0.2, -0.15) is 0 Å². The van der Waals surface area contributed by atoms with E-state index in [0.29, 0.717) is 0 Å². The summed E-state index contributed by atoms with van der Waals surface area (Å²) in [5, 5.41) is 7.03. The number of aromatic nitrogens is 1. The third kappa shape index (κ3) is 5.28. The van der Waals surface area contributed by atoms with Gasteiger partial charge in [-0.25, -0.2) is 0 Å². The van der Waals surface area contributed by atoms with E-state index in [1.807, 2.05) is 12.1 Å². The van der Waals surface area contributed by atoms with E-state index in [1.165, 1.54) is 43.9 Å². The molecule has 3 nitrogen and oxygen atoms in total. The van der Waals surface area contributed by atoms with Crippen molar-refractivity contribution in [3.63, 3.8) is 0 Å². The largest absolute Gasteiger partial charge is 0.456 e. The minimum Gasteiger partial charge on any atom is -0.456 e. The van der Waals surface area contributed by atoms with E-state index in [-0.39, 0.29) is 0 Å². The van der Waals surface area contributed by atoms with Gasteiger partial charge in [0.2, 0.25) is 0 Å². The second-order valence-electron chi connectivity index (χ2n) is 14.2. The molecule has 258 valence electrons. The van der Waals surface area contributed by atoms with Crippen LogP contribution in [0.3, 0.4) is 0 Å². The van der Waals surface area contributed by atoms with Crippen LogP contribution in [0.15, 0.2) is 211 Å². The fourth-order valence-corrected chi connectivity index (χ4v) is 8.31. The van der Waals surface area contributed by atoms with Crippen LogP contribution in [0.2, 0.25) is 0 Å². The summed E-state index contributed by atoms with van der Waals surface area (Å²) in [6.45, 7) is 0. The number of benzene rings is 9. The van der Waals surface area contributed by atoms with Gasteiger partial charge in [-0.1, -0.05) is 133 Å². The lowest BCUT2D eigenvalue weighted by Crippen LogP contribution is -2.10. The van der Waals surface area contributed by atoms with Crippen LogP contribution in [0.4, 0.5) is 17.1 Å². The topological polar surface area (TPSA) is 21.3 Å². The fourth-order valence-electron chi connectivity index (χ4n) is 8.31. The van der Waals surface area contributed by atoms with Gasteiger partial charge in [0.15, 0.2) is 0 Å². The number of furan rings is 1. The summed E-state index contributed by atoms with van der Waals surface area (Å²) in [5.74, 6) is 0. The smallest absolute Gasteiger partial charge is 0.136 e. The Morgan fingerprint density at radius 3 is 1.76 bits per heavy atom. The molecule has 0 bridgehead atoms. The minimum atomic E-state index is 0.897. The highest BCUT2D eigenvalue weighted by atomic mass is 16.3. The second kappa shape index (κ2) is 12.6. The Morgan fingerprint density at radius 2 is 0.945 bits per heavy atom. The van der Waals surface area contributed by atoms with E-state index in [0.717, 1.165) is 55.6 Å². The third-order valence-electron chi connectivity index (χ3n) is 10.9. The van der Waals surface area contributed by atoms with Crippen LogP contribution < -0.4 is 4.90 Å². The molecule has 0 unspecified atom stereocenters. The standard InChI is InChI=1S/C52H34N2O/c1-3-12-35(13-4-1)37-22-25-41(26-23-37)53(43-27-24-39-32-48-47-19-8-10-21-51(47)55-52(48)33-40(39)31-43)44-28-29-46-45-18-7-9-20-49(45)54(50(46)34-44)42-17-11-16-38(30-42)36-14-5-2-6-15-36/h1-34H. The first-order valence-electron chi connectivity index (χ1n) is 18.7. The highest BCUT2D eigenvalue weighted by Gasteiger charge is 2.19. The number of nitrogens with zero attached hydrogens (tertiary/aromatic N) is 2. The zero-order valence-electron chi connectivity index (χ0n) is 29.9. The second-order valence-corrected chi connectivity index (χ2v) is 14.2. The number of hydrogen-bond donors (Lipinski definition) is 0. The van der Waals surface area contributed by atoms with Crippen molar-refractivity contribution in [3.05, 3.63) is 206 Å². The van der Waals surface area contributed by atoms with E-state index < -0.39 is 0 Å².